The molecule has 0 saturated heterocycles. The van der Waals surface area contributed by atoms with Gasteiger partial charge in [-0.05, 0) is 19.1 Å². The van der Waals surface area contributed by atoms with Crippen LogP contribution in [0, 0.1) is 6.92 Å². The number of carbonyl (C=O) groups is 2. The summed E-state index contributed by atoms with van der Waals surface area (Å²) < 4.78 is 10.1. The summed E-state index contributed by atoms with van der Waals surface area (Å²) in [4.78, 5) is 26.3. The minimum absolute atomic E-state index is 0.0418. The van der Waals surface area contributed by atoms with Gasteiger partial charge in [-0.15, -0.1) is 0 Å². The van der Waals surface area contributed by atoms with E-state index in [0.717, 1.165) is 5.56 Å². The summed E-state index contributed by atoms with van der Waals surface area (Å²) >= 11 is 0. The normalized spacial score (nSPS) is 10.2. The van der Waals surface area contributed by atoms with Gasteiger partial charge in [-0.1, -0.05) is 18.2 Å². The van der Waals surface area contributed by atoms with Crippen molar-refractivity contribution < 1.29 is 18.7 Å². The van der Waals surface area contributed by atoms with Gasteiger partial charge in [-0.25, -0.2) is 9.78 Å². The second kappa shape index (κ2) is 5.34. The Hall–Kier alpha value is -2.63. The SMILES string of the molecule is Cc1oc(-c2ccccc2)nc1C(=O)OCC(N)=O. The maximum atomic E-state index is 11.7. The second-order valence-electron chi connectivity index (χ2n) is 3.83. The number of oxazole rings is 1. The van der Waals surface area contributed by atoms with E-state index in [9.17, 15) is 9.59 Å². The number of carbonyl (C=O) groups excluding carboxylic acids is 2. The van der Waals surface area contributed by atoms with Crippen LogP contribution in [-0.2, 0) is 9.53 Å². The molecule has 1 aromatic heterocycles. The predicted molar refractivity (Wildman–Crippen MR) is 66.2 cm³/mol. The fraction of sp³-hybridized carbons (Fsp3) is 0.154. The Morgan fingerprint density at radius 1 is 1.32 bits per heavy atom. The molecule has 2 aromatic rings. The third kappa shape index (κ3) is 2.98. The van der Waals surface area contributed by atoms with Crippen LogP contribution in [0.2, 0.25) is 0 Å². The monoisotopic (exact) mass is 260 g/mol. The van der Waals surface area contributed by atoms with E-state index in [4.69, 9.17) is 10.2 Å². The fourth-order valence-corrected chi connectivity index (χ4v) is 1.50. The van der Waals surface area contributed by atoms with E-state index in [2.05, 4.69) is 9.72 Å². The summed E-state index contributed by atoms with van der Waals surface area (Å²) in [6.07, 6.45) is 0. The lowest BCUT2D eigenvalue weighted by Gasteiger charge is -1.98. The second-order valence-corrected chi connectivity index (χ2v) is 3.83. The van der Waals surface area contributed by atoms with E-state index >= 15 is 0 Å². The van der Waals surface area contributed by atoms with E-state index in [-0.39, 0.29) is 5.69 Å². The molecule has 2 rings (SSSR count). The van der Waals surface area contributed by atoms with Crippen LogP contribution in [0.1, 0.15) is 16.2 Å². The first-order valence-corrected chi connectivity index (χ1v) is 5.56. The highest BCUT2D eigenvalue weighted by Crippen LogP contribution is 2.21. The van der Waals surface area contributed by atoms with Crippen molar-refractivity contribution in [2.24, 2.45) is 5.73 Å². The number of rotatable bonds is 4. The smallest absolute Gasteiger partial charge is 0.361 e. The number of nitrogens with two attached hydrogens (primary N) is 1. The number of amides is 1. The van der Waals surface area contributed by atoms with Crippen molar-refractivity contribution in [2.45, 2.75) is 6.92 Å². The molecular weight excluding hydrogens is 248 g/mol. The first-order chi connectivity index (χ1) is 9.08. The molecule has 0 bridgehead atoms. The molecule has 6 heteroatoms. The Labute approximate surface area is 109 Å². The summed E-state index contributed by atoms with van der Waals surface area (Å²) in [5.41, 5.74) is 5.68. The fourth-order valence-electron chi connectivity index (χ4n) is 1.50. The molecule has 0 aliphatic heterocycles. The molecule has 0 saturated carbocycles. The van der Waals surface area contributed by atoms with E-state index in [0.29, 0.717) is 11.7 Å². The van der Waals surface area contributed by atoms with Crippen LogP contribution in [0.3, 0.4) is 0 Å². The molecule has 0 aliphatic rings. The van der Waals surface area contributed by atoms with Gasteiger partial charge in [0.1, 0.15) is 5.76 Å². The molecule has 1 aromatic carbocycles. The Morgan fingerprint density at radius 3 is 2.63 bits per heavy atom. The number of primary amides is 1. The van der Waals surface area contributed by atoms with Gasteiger partial charge in [-0.2, -0.15) is 0 Å². The Balaban J connectivity index is 2.22. The molecule has 0 fully saturated rings. The number of aryl methyl sites for hydroxylation is 1. The van der Waals surface area contributed by atoms with E-state index in [1.165, 1.54) is 0 Å². The highest BCUT2D eigenvalue weighted by molar-refractivity contribution is 5.90. The van der Waals surface area contributed by atoms with Gasteiger partial charge in [0, 0.05) is 5.56 Å². The van der Waals surface area contributed by atoms with Crippen LogP contribution in [0.15, 0.2) is 34.7 Å². The highest BCUT2D eigenvalue weighted by atomic mass is 16.5. The quantitative estimate of drug-likeness (QED) is 0.836. The lowest BCUT2D eigenvalue weighted by atomic mass is 10.2. The van der Waals surface area contributed by atoms with Crippen molar-refractivity contribution in [3.05, 3.63) is 41.8 Å². The molecule has 0 unspecified atom stereocenters. The average molecular weight is 260 g/mol. The highest BCUT2D eigenvalue weighted by Gasteiger charge is 2.19. The molecule has 1 heterocycles. The number of hydrogen-bond acceptors (Lipinski definition) is 5. The van der Waals surface area contributed by atoms with Gasteiger partial charge in [0.25, 0.3) is 5.91 Å². The zero-order chi connectivity index (χ0) is 13.8. The number of ether oxygens (including phenoxy) is 1. The molecule has 19 heavy (non-hydrogen) atoms. The zero-order valence-corrected chi connectivity index (χ0v) is 10.3. The number of benzene rings is 1. The Kier molecular flexibility index (Phi) is 3.61. The summed E-state index contributed by atoms with van der Waals surface area (Å²) in [5, 5.41) is 0. The van der Waals surface area contributed by atoms with Gasteiger partial charge in [-0.3, -0.25) is 4.79 Å². The Morgan fingerprint density at radius 2 is 2.00 bits per heavy atom. The zero-order valence-electron chi connectivity index (χ0n) is 10.3. The maximum absolute atomic E-state index is 11.7. The minimum Gasteiger partial charge on any atom is -0.451 e. The summed E-state index contributed by atoms with van der Waals surface area (Å²) in [6, 6.07) is 9.15. The molecule has 0 aliphatic carbocycles. The van der Waals surface area contributed by atoms with E-state index in [1.807, 2.05) is 30.3 Å². The summed E-state index contributed by atoms with van der Waals surface area (Å²) in [6.45, 7) is 1.12. The Bertz CT molecular complexity index is 604. The molecule has 2 N–H and O–H groups in total. The molecule has 0 atom stereocenters. The van der Waals surface area contributed by atoms with Crippen molar-refractivity contribution in [1.82, 2.24) is 4.98 Å². The van der Waals surface area contributed by atoms with Crippen molar-refractivity contribution in [1.29, 1.82) is 0 Å². The molecule has 0 spiro atoms. The minimum atomic E-state index is -0.734. The van der Waals surface area contributed by atoms with Gasteiger partial charge in [0.05, 0.1) is 0 Å². The molecule has 6 nitrogen and oxygen atoms in total. The van der Waals surface area contributed by atoms with Crippen LogP contribution in [0.25, 0.3) is 11.5 Å². The van der Waals surface area contributed by atoms with Crippen LogP contribution >= 0.6 is 0 Å². The molecule has 0 radical (unpaired) electrons. The largest absolute Gasteiger partial charge is 0.451 e. The van der Waals surface area contributed by atoms with Crippen LogP contribution < -0.4 is 5.73 Å². The van der Waals surface area contributed by atoms with Gasteiger partial charge < -0.3 is 14.9 Å². The third-order valence-corrected chi connectivity index (χ3v) is 2.36. The maximum Gasteiger partial charge on any atom is 0.361 e. The molecular formula is C13H12N2O4. The van der Waals surface area contributed by atoms with Crippen LogP contribution in [0.5, 0.6) is 0 Å². The third-order valence-electron chi connectivity index (χ3n) is 2.36. The van der Waals surface area contributed by atoms with Crippen molar-refractivity contribution in [3.8, 4) is 11.5 Å². The average Bonchev–Trinajstić information content (AvgIpc) is 2.79. The van der Waals surface area contributed by atoms with Gasteiger partial charge in [0.15, 0.2) is 12.3 Å². The molecule has 98 valence electrons. The number of nitrogens with zero attached hydrogens (tertiary/aromatic N) is 1. The van der Waals surface area contributed by atoms with Crippen molar-refractivity contribution >= 4 is 11.9 Å². The first kappa shape index (κ1) is 12.8. The predicted octanol–water partition coefficient (Wildman–Crippen LogP) is 1.29. The summed E-state index contributed by atoms with van der Waals surface area (Å²) in [7, 11) is 0. The van der Waals surface area contributed by atoms with Crippen LogP contribution in [-0.4, -0.2) is 23.5 Å². The van der Waals surface area contributed by atoms with E-state index in [1.54, 1.807) is 6.92 Å². The summed E-state index contributed by atoms with van der Waals surface area (Å²) in [5.74, 6) is -0.808. The lowest BCUT2D eigenvalue weighted by Crippen LogP contribution is -2.21. The molecule has 1 amide bonds. The van der Waals surface area contributed by atoms with Crippen molar-refractivity contribution in [3.63, 3.8) is 0 Å². The number of esters is 1. The van der Waals surface area contributed by atoms with Gasteiger partial charge in [0.2, 0.25) is 5.89 Å². The van der Waals surface area contributed by atoms with Gasteiger partial charge >= 0.3 is 5.97 Å². The van der Waals surface area contributed by atoms with Crippen molar-refractivity contribution in [2.75, 3.05) is 6.61 Å². The standard InChI is InChI=1S/C13H12N2O4/c1-8-11(13(17)18-7-10(14)16)15-12(19-8)9-5-3-2-4-6-9/h2-6H,7H2,1H3,(H2,14,16). The number of aromatic nitrogens is 1. The topological polar surface area (TPSA) is 95.4 Å². The van der Waals surface area contributed by atoms with Crippen LogP contribution in [0.4, 0.5) is 0 Å². The van der Waals surface area contributed by atoms with E-state index < -0.39 is 18.5 Å². The number of hydrogen-bond donors (Lipinski definition) is 1. The first-order valence-electron chi connectivity index (χ1n) is 5.56. The lowest BCUT2D eigenvalue weighted by molar-refractivity contribution is -0.121.